The number of aromatic nitrogens is 1. The summed E-state index contributed by atoms with van der Waals surface area (Å²) in [5.74, 6) is -0.201. The Morgan fingerprint density at radius 3 is 2.07 bits per heavy atom. The van der Waals surface area contributed by atoms with E-state index in [1.54, 1.807) is 4.90 Å². The SMILES string of the molecule is O=C(CN1CCN(C(=O)c2ccc(C(F)(F)F)nc2)CC1)N1CCCCCC1. The standard InChI is InChI=1S/C19H25F3N4O2/c20-19(21,22)16-6-5-15(13-23-16)18(28)26-11-9-24(10-12-26)14-17(27)25-7-3-1-2-4-8-25/h5-6,13H,1-4,7-12,14H2. The second kappa shape index (κ2) is 8.89. The van der Waals surface area contributed by atoms with Crippen LogP contribution in [0.1, 0.15) is 41.7 Å². The van der Waals surface area contributed by atoms with Crippen molar-refractivity contribution in [3.8, 4) is 0 Å². The van der Waals surface area contributed by atoms with Gasteiger partial charge in [-0.3, -0.25) is 19.5 Å². The first-order chi connectivity index (χ1) is 13.3. The number of likely N-dealkylation sites (tertiary alicyclic amines) is 1. The van der Waals surface area contributed by atoms with E-state index in [9.17, 15) is 22.8 Å². The van der Waals surface area contributed by atoms with Gasteiger partial charge in [-0.05, 0) is 25.0 Å². The summed E-state index contributed by atoms with van der Waals surface area (Å²) in [5.41, 5.74) is -0.872. The number of hydrogen-bond donors (Lipinski definition) is 0. The molecule has 2 aliphatic rings. The summed E-state index contributed by atoms with van der Waals surface area (Å²) in [6.07, 6.45) is 0.893. The first-order valence-corrected chi connectivity index (χ1v) is 9.67. The van der Waals surface area contributed by atoms with Gasteiger partial charge in [0.25, 0.3) is 5.91 Å². The zero-order chi connectivity index (χ0) is 20.1. The van der Waals surface area contributed by atoms with E-state index in [0.29, 0.717) is 32.7 Å². The molecule has 2 saturated heterocycles. The number of piperazine rings is 1. The van der Waals surface area contributed by atoms with Crippen LogP contribution in [0.2, 0.25) is 0 Å². The Hall–Kier alpha value is -2.16. The number of hydrogen-bond acceptors (Lipinski definition) is 4. The van der Waals surface area contributed by atoms with Gasteiger partial charge in [0.1, 0.15) is 5.69 Å². The Labute approximate surface area is 162 Å². The molecule has 3 rings (SSSR count). The van der Waals surface area contributed by atoms with E-state index in [4.69, 9.17) is 0 Å². The highest BCUT2D eigenvalue weighted by molar-refractivity contribution is 5.94. The molecular weight excluding hydrogens is 373 g/mol. The molecule has 0 atom stereocenters. The van der Waals surface area contributed by atoms with Crippen LogP contribution in [0.4, 0.5) is 13.2 Å². The average molecular weight is 398 g/mol. The first kappa shape index (κ1) is 20.6. The van der Waals surface area contributed by atoms with Crippen molar-refractivity contribution in [2.45, 2.75) is 31.9 Å². The van der Waals surface area contributed by atoms with Crippen molar-refractivity contribution in [3.63, 3.8) is 0 Å². The van der Waals surface area contributed by atoms with E-state index >= 15 is 0 Å². The molecule has 2 amide bonds. The molecule has 2 aliphatic heterocycles. The van der Waals surface area contributed by atoms with Gasteiger partial charge >= 0.3 is 6.18 Å². The van der Waals surface area contributed by atoms with Crippen LogP contribution < -0.4 is 0 Å². The smallest absolute Gasteiger partial charge is 0.342 e. The maximum atomic E-state index is 12.6. The lowest BCUT2D eigenvalue weighted by atomic mass is 10.2. The molecule has 2 fully saturated rings. The number of carbonyl (C=O) groups is 2. The summed E-state index contributed by atoms with van der Waals surface area (Å²) in [4.78, 5) is 33.9. The van der Waals surface area contributed by atoms with Crippen molar-refractivity contribution in [2.24, 2.45) is 0 Å². The Bertz CT molecular complexity index is 677. The van der Waals surface area contributed by atoms with Gasteiger partial charge in [0, 0.05) is 45.5 Å². The zero-order valence-corrected chi connectivity index (χ0v) is 15.7. The molecule has 0 N–H and O–H groups in total. The van der Waals surface area contributed by atoms with Crippen molar-refractivity contribution in [3.05, 3.63) is 29.6 Å². The summed E-state index contributed by atoms with van der Waals surface area (Å²) >= 11 is 0. The lowest BCUT2D eigenvalue weighted by molar-refractivity contribution is -0.141. The van der Waals surface area contributed by atoms with E-state index < -0.39 is 11.9 Å². The summed E-state index contributed by atoms with van der Waals surface area (Å²) in [6, 6.07) is 1.98. The highest BCUT2D eigenvalue weighted by Gasteiger charge is 2.32. The van der Waals surface area contributed by atoms with Crippen LogP contribution in [-0.4, -0.2) is 77.3 Å². The molecule has 0 bridgehead atoms. The highest BCUT2D eigenvalue weighted by atomic mass is 19.4. The van der Waals surface area contributed by atoms with Crippen LogP contribution >= 0.6 is 0 Å². The van der Waals surface area contributed by atoms with Crippen LogP contribution in [-0.2, 0) is 11.0 Å². The Morgan fingerprint density at radius 2 is 1.54 bits per heavy atom. The number of halogens is 3. The third kappa shape index (κ3) is 5.21. The minimum Gasteiger partial charge on any atom is -0.342 e. The summed E-state index contributed by atoms with van der Waals surface area (Å²) < 4.78 is 37.8. The molecule has 28 heavy (non-hydrogen) atoms. The third-order valence-corrected chi connectivity index (χ3v) is 5.28. The van der Waals surface area contributed by atoms with Crippen LogP contribution in [0, 0.1) is 0 Å². The molecule has 0 radical (unpaired) electrons. The van der Waals surface area contributed by atoms with Crippen LogP contribution in [0.5, 0.6) is 0 Å². The third-order valence-electron chi connectivity index (χ3n) is 5.28. The Morgan fingerprint density at radius 1 is 0.893 bits per heavy atom. The summed E-state index contributed by atoms with van der Waals surface area (Å²) in [5, 5.41) is 0. The molecule has 0 saturated carbocycles. The van der Waals surface area contributed by atoms with Gasteiger partial charge in [0.15, 0.2) is 0 Å². The number of amides is 2. The van der Waals surface area contributed by atoms with Crippen molar-refractivity contribution >= 4 is 11.8 Å². The molecule has 6 nitrogen and oxygen atoms in total. The lowest BCUT2D eigenvalue weighted by Crippen LogP contribution is -2.51. The molecule has 1 aromatic rings. The molecule has 3 heterocycles. The topological polar surface area (TPSA) is 56.8 Å². The monoisotopic (exact) mass is 398 g/mol. The second-order valence-corrected chi connectivity index (χ2v) is 7.29. The minimum absolute atomic E-state index is 0.133. The Kier molecular flexibility index (Phi) is 6.53. The van der Waals surface area contributed by atoms with E-state index in [1.807, 2.05) is 9.80 Å². The molecular formula is C19H25F3N4O2. The molecule has 0 spiro atoms. The van der Waals surface area contributed by atoms with E-state index in [-0.39, 0.29) is 17.4 Å². The van der Waals surface area contributed by atoms with Gasteiger partial charge in [-0.15, -0.1) is 0 Å². The van der Waals surface area contributed by atoms with E-state index in [2.05, 4.69) is 4.98 Å². The number of pyridine rings is 1. The second-order valence-electron chi connectivity index (χ2n) is 7.29. The highest BCUT2D eigenvalue weighted by Crippen LogP contribution is 2.27. The number of nitrogens with zero attached hydrogens (tertiary/aromatic N) is 4. The van der Waals surface area contributed by atoms with Gasteiger partial charge in [-0.1, -0.05) is 12.8 Å². The van der Waals surface area contributed by atoms with Gasteiger partial charge in [0.05, 0.1) is 12.1 Å². The van der Waals surface area contributed by atoms with Crippen molar-refractivity contribution in [1.82, 2.24) is 19.7 Å². The maximum Gasteiger partial charge on any atom is 0.433 e. The minimum atomic E-state index is -4.52. The molecule has 0 aromatic carbocycles. The maximum absolute atomic E-state index is 12.6. The normalized spacial score (nSPS) is 19.4. The Balaban J connectivity index is 1.49. The largest absolute Gasteiger partial charge is 0.433 e. The van der Waals surface area contributed by atoms with Crippen molar-refractivity contribution in [2.75, 3.05) is 45.8 Å². The van der Waals surface area contributed by atoms with Crippen molar-refractivity contribution in [1.29, 1.82) is 0 Å². The van der Waals surface area contributed by atoms with Gasteiger partial charge in [0.2, 0.25) is 5.91 Å². The average Bonchev–Trinajstić information content (AvgIpc) is 2.97. The first-order valence-electron chi connectivity index (χ1n) is 9.67. The fourth-order valence-electron chi connectivity index (χ4n) is 3.59. The molecule has 0 aliphatic carbocycles. The summed E-state index contributed by atoms with van der Waals surface area (Å²) in [6.45, 7) is 4.00. The van der Waals surface area contributed by atoms with Crippen LogP contribution in [0.25, 0.3) is 0 Å². The zero-order valence-electron chi connectivity index (χ0n) is 15.7. The van der Waals surface area contributed by atoms with Gasteiger partial charge in [-0.2, -0.15) is 13.2 Å². The molecule has 0 unspecified atom stereocenters. The fraction of sp³-hybridized carbons (Fsp3) is 0.632. The summed E-state index contributed by atoms with van der Waals surface area (Å²) in [7, 11) is 0. The van der Waals surface area contributed by atoms with Crippen LogP contribution in [0.3, 0.4) is 0 Å². The van der Waals surface area contributed by atoms with Crippen molar-refractivity contribution < 1.29 is 22.8 Å². The van der Waals surface area contributed by atoms with E-state index in [1.165, 1.54) is 12.8 Å². The quantitative estimate of drug-likeness (QED) is 0.784. The molecule has 9 heteroatoms. The number of rotatable bonds is 3. The predicted molar refractivity (Wildman–Crippen MR) is 96.6 cm³/mol. The number of alkyl halides is 3. The lowest BCUT2D eigenvalue weighted by Gasteiger charge is -2.35. The van der Waals surface area contributed by atoms with Gasteiger partial charge < -0.3 is 9.80 Å². The van der Waals surface area contributed by atoms with Crippen LogP contribution in [0.15, 0.2) is 18.3 Å². The molecule has 154 valence electrons. The predicted octanol–water partition coefficient (Wildman–Crippen LogP) is 2.26. The number of carbonyl (C=O) groups excluding carboxylic acids is 2. The fourth-order valence-corrected chi connectivity index (χ4v) is 3.59. The van der Waals surface area contributed by atoms with E-state index in [0.717, 1.165) is 44.3 Å². The van der Waals surface area contributed by atoms with Gasteiger partial charge in [-0.25, -0.2) is 0 Å². The molecule has 1 aromatic heterocycles.